The Hall–Kier alpha value is -3.37. The molecular weight excluding hydrogens is 400 g/mol. The zero-order valence-corrected chi connectivity index (χ0v) is 16.8. The molecule has 148 valence electrons. The van der Waals surface area contributed by atoms with Gasteiger partial charge in [0.2, 0.25) is 5.78 Å². The first-order valence-corrected chi connectivity index (χ1v) is 9.99. The Labute approximate surface area is 177 Å². The lowest BCUT2D eigenvalue weighted by Crippen LogP contribution is -2.31. The highest BCUT2D eigenvalue weighted by Gasteiger charge is 2.44. The predicted octanol–water partition coefficient (Wildman–Crippen LogP) is 5.53. The molecule has 0 saturated heterocycles. The summed E-state index contributed by atoms with van der Waals surface area (Å²) in [5, 5.41) is 1.22. The molecule has 3 aromatic carbocycles. The Kier molecular flexibility index (Phi) is 4.44. The lowest BCUT2D eigenvalue weighted by molar-refractivity contribution is 0.0808. The van der Waals surface area contributed by atoms with Crippen molar-refractivity contribution in [3.63, 3.8) is 0 Å². The number of ether oxygens (including phenoxy) is 1. The summed E-state index contributed by atoms with van der Waals surface area (Å²) in [4.78, 5) is 26.4. The van der Waals surface area contributed by atoms with Crippen LogP contribution in [0.4, 0.5) is 0 Å². The average Bonchev–Trinajstić information content (AvgIpc) is 3.16. The van der Waals surface area contributed by atoms with Crippen molar-refractivity contribution < 1.29 is 13.9 Å². The predicted molar refractivity (Wildman–Crippen MR) is 116 cm³/mol. The molecule has 4 nitrogen and oxygen atoms in total. The third-order valence-corrected chi connectivity index (χ3v) is 5.73. The van der Waals surface area contributed by atoms with E-state index in [4.69, 9.17) is 20.8 Å². The van der Waals surface area contributed by atoms with Crippen LogP contribution in [0.2, 0.25) is 5.02 Å². The highest BCUT2D eigenvalue weighted by Crippen LogP contribution is 2.45. The Bertz CT molecular complexity index is 1320. The van der Waals surface area contributed by atoms with Crippen LogP contribution in [0.1, 0.15) is 33.0 Å². The zero-order chi connectivity index (χ0) is 20.8. The van der Waals surface area contributed by atoms with Crippen molar-refractivity contribution in [2.24, 2.45) is 0 Å². The van der Waals surface area contributed by atoms with Crippen molar-refractivity contribution in [1.82, 2.24) is 0 Å². The maximum Gasteiger partial charge on any atom is 0.344 e. The summed E-state index contributed by atoms with van der Waals surface area (Å²) < 4.78 is 11.8. The molecule has 30 heavy (non-hydrogen) atoms. The van der Waals surface area contributed by atoms with Gasteiger partial charge in [-0.15, -0.1) is 0 Å². The summed E-state index contributed by atoms with van der Waals surface area (Å²) in [5.74, 6) is -0.360. The largest absolute Gasteiger partial charge is 0.480 e. The molecule has 1 aliphatic heterocycles. The van der Waals surface area contributed by atoms with E-state index < -0.39 is 17.6 Å². The maximum absolute atomic E-state index is 13.4. The van der Waals surface area contributed by atoms with Crippen LogP contribution in [0.5, 0.6) is 5.75 Å². The molecule has 2 atom stereocenters. The van der Waals surface area contributed by atoms with E-state index in [-0.39, 0.29) is 5.78 Å². The van der Waals surface area contributed by atoms with Crippen LogP contribution in [0.25, 0.3) is 11.0 Å². The Morgan fingerprint density at radius 1 is 0.933 bits per heavy atom. The molecule has 0 bridgehead atoms. The number of fused-ring (bicyclic) bond motifs is 3. The molecule has 4 aromatic rings. The summed E-state index contributed by atoms with van der Waals surface area (Å²) >= 11 is 5.98. The van der Waals surface area contributed by atoms with Gasteiger partial charge in [-0.1, -0.05) is 53.6 Å². The number of hydrogen-bond acceptors (Lipinski definition) is 4. The van der Waals surface area contributed by atoms with Crippen molar-refractivity contribution >= 4 is 28.4 Å². The van der Waals surface area contributed by atoms with Crippen LogP contribution in [-0.2, 0) is 0 Å². The summed E-state index contributed by atoms with van der Waals surface area (Å²) in [6, 6.07) is 21.6. The molecule has 0 saturated carbocycles. The number of benzene rings is 3. The second-order valence-electron chi connectivity index (χ2n) is 7.43. The summed E-state index contributed by atoms with van der Waals surface area (Å²) in [6.45, 7) is 1.99. The van der Waals surface area contributed by atoms with Gasteiger partial charge in [0.15, 0.2) is 6.10 Å². The minimum Gasteiger partial charge on any atom is -0.480 e. The van der Waals surface area contributed by atoms with E-state index >= 15 is 0 Å². The van der Waals surface area contributed by atoms with Gasteiger partial charge < -0.3 is 9.15 Å². The van der Waals surface area contributed by atoms with E-state index in [1.54, 1.807) is 36.4 Å². The third kappa shape index (κ3) is 3.01. The number of carbonyl (C=O) groups excluding carboxylic acids is 1. The molecule has 2 heterocycles. The van der Waals surface area contributed by atoms with Gasteiger partial charge in [-0.2, -0.15) is 0 Å². The number of para-hydroxylation sites is 1. The van der Waals surface area contributed by atoms with E-state index in [2.05, 4.69) is 0 Å². The van der Waals surface area contributed by atoms with Gasteiger partial charge in [0, 0.05) is 10.6 Å². The fourth-order valence-corrected chi connectivity index (χ4v) is 4.10. The second kappa shape index (κ2) is 7.15. The van der Waals surface area contributed by atoms with Crippen molar-refractivity contribution in [2.45, 2.75) is 18.9 Å². The zero-order valence-electron chi connectivity index (χ0n) is 16.1. The molecule has 0 amide bonds. The molecule has 0 spiro atoms. The Morgan fingerprint density at radius 3 is 2.37 bits per heavy atom. The maximum atomic E-state index is 13.4. The number of rotatable bonds is 3. The van der Waals surface area contributed by atoms with Crippen molar-refractivity contribution in [1.29, 1.82) is 0 Å². The van der Waals surface area contributed by atoms with Crippen LogP contribution in [0.3, 0.4) is 0 Å². The lowest BCUT2D eigenvalue weighted by Gasteiger charge is -2.18. The monoisotopic (exact) mass is 416 g/mol. The van der Waals surface area contributed by atoms with Gasteiger partial charge >= 0.3 is 5.63 Å². The summed E-state index contributed by atoms with van der Waals surface area (Å²) in [6.07, 6.45) is -0.877. The number of halogens is 1. The summed E-state index contributed by atoms with van der Waals surface area (Å²) in [7, 11) is 0. The van der Waals surface area contributed by atoms with Crippen molar-refractivity contribution in [2.75, 3.05) is 0 Å². The van der Waals surface area contributed by atoms with Gasteiger partial charge in [0.1, 0.15) is 11.3 Å². The molecule has 0 N–H and O–H groups in total. The smallest absolute Gasteiger partial charge is 0.344 e. The SMILES string of the molecule is Cc1ccc([C@H]2c3c(c4ccccc4oc3=O)O[C@@H]2C(=O)c2ccc(Cl)cc2)cc1. The fourth-order valence-electron chi connectivity index (χ4n) is 3.98. The normalized spacial score (nSPS) is 17.5. The molecule has 5 rings (SSSR count). The van der Waals surface area contributed by atoms with Gasteiger partial charge in [0.05, 0.1) is 16.9 Å². The van der Waals surface area contributed by atoms with Crippen LogP contribution in [0.15, 0.2) is 82.0 Å². The van der Waals surface area contributed by atoms with Gasteiger partial charge in [0.25, 0.3) is 0 Å². The third-order valence-electron chi connectivity index (χ3n) is 5.48. The van der Waals surface area contributed by atoms with E-state index in [0.717, 1.165) is 11.1 Å². The van der Waals surface area contributed by atoms with E-state index in [1.807, 2.05) is 43.3 Å². The highest BCUT2D eigenvalue weighted by molar-refractivity contribution is 6.30. The van der Waals surface area contributed by atoms with Crippen LogP contribution < -0.4 is 10.4 Å². The molecule has 0 fully saturated rings. The van der Waals surface area contributed by atoms with Crippen molar-refractivity contribution in [3.05, 3.63) is 110 Å². The van der Waals surface area contributed by atoms with E-state index in [1.165, 1.54) is 0 Å². The minimum absolute atomic E-state index is 0.211. The first kappa shape index (κ1) is 18.6. The standard InChI is InChI=1S/C25H17ClO4/c1-14-6-8-15(9-7-14)20-21-23(18-4-2-3-5-19(18)29-25(21)28)30-24(20)22(27)16-10-12-17(26)13-11-16/h2-13,20,24H,1H3/t20-,24-/m0/s1. The molecule has 1 aliphatic rings. The molecular formula is C25H17ClO4. The Morgan fingerprint density at radius 2 is 1.63 bits per heavy atom. The first-order valence-electron chi connectivity index (χ1n) is 9.61. The van der Waals surface area contributed by atoms with Crippen molar-refractivity contribution in [3.8, 4) is 5.75 Å². The molecule has 0 aliphatic carbocycles. The number of aryl methyl sites for hydroxylation is 1. The number of carbonyl (C=O) groups is 1. The second-order valence-corrected chi connectivity index (χ2v) is 7.86. The minimum atomic E-state index is -0.877. The van der Waals surface area contributed by atoms with E-state index in [0.29, 0.717) is 32.9 Å². The topological polar surface area (TPSA) is 56.5 Å². The number of hydrogen-bond donors (Lipinski definition) is 0. The quantitative estimate of drug-likeness (QED) is 0.325. The first-order chi connectivity index (χ1) is 14.5. The highest BCUT2D eigenvalue weighted by atomic mass is 35.5. The number of ketones is 1. The lowest BCUT2D eigenvalue weighted by atomic mass is 9.85. The molecule has 1 aromatic heterocycles. The fraction of sp³-hybridized carbons (Fsp3) is 0.120. The van der Waals surface area contributed by atoms with Crippen LogP contribution in [0, 0.1) is 6.92 Å². The molecule has 0 radical (unpaired) electrons. The van der Waals surface area contributed by atoms with Crippen LogP contribution >= 0.6 is 11.6 Å². The average molecular weight is 417 g/mol. The summed E-state index contributed by atoms with van der Waals surface area (Å²) in [5.41, 5.74) is 2.72. The van der Waals surface area contributed by atoms with Crippen LogP contribution in [-0.4, -0.2) is 11.9 Å². The molecule has 0 unspecified atom stereocenters. The molecule has 5 heteroatoms. The van der Waals surface area contributed by atoms with Gasteiger partial charge in [-0.25, -0.2) is 4.79 Å². The van der Waals surface area contributed by atoms with Gasteiger partial charge in [-0.05, 0) is 48.9 Å². The number of Topliss-reactive ketones (excluding diaryl/α,β-unsaturated/α-hetero) is 1. The Balaban J connectivity index is 1.71. The van der Waals surface area contributed by atoms with E-state index in [9.17, 15) is 9.59 Å². The van der Waals surface area contributed by atoms with Gasteiger partial charge in [-0.3, -0.25) is 4.79 Å².